The quantitative estimate of drug-likeness (QED) is 0.0627. The third-order valence-electron chi connectivity index (χ3n) is 12.3. The zero-order valence-corrected chi connectivity index (χ0v) is 37.8. The van der Waals surface area contributed by atoms with Gasteiger partial charge < -0.3 is 39.9 Å². The molecule has 3 heterocycles. The van der Waals surface area contributed by atoms with E-state index in [1.54, 1.807) is 101 Å². The van der Waals surface area contributed by atoms with Gasteiger partial charge in [0.15, 0.2) is 0 Å². The van der Waals surface area contributed by atoms with Gasteiger partial charge in [-0.3, -0.25) is 19.2 Å². The zero-order valence-electron chi connectivity index (χ0n) is 37.8. The van der Waals surface area contributed by atoms with E-state index in [1.807, 2.05) is 48.5 Å². The van der Waals surface area contributed by atoms with Crippen molar-refractivity contribution < 1.29 is 38.2 Å². The van der Waals surface area contributed by atoms with Crippen molar-refractivity contribution >= 4 is 57.4 Å². The summed E-state index contributed by atoms with van der Waals surface area (Å²) in [6, 6.07) is 23.9. The summed E-state index contributed by atoms with van der Waals surface area (Å²) in [4.78, 5) is 93.9. The van der Waals surface area contributed by atoms with Gasteiger partial charge in [0.05, 0.1) is 0 Å². The molecule has 2 aromatic heterocycles. The van der Waals surface area contributed by atoms with E-state index < -0.39 is 59.7 Å². The first-order valence-electron chi connectivity index (χ1n) is 21.9. The number of nitrogens with zero attached hydrogens (tertiary/aromatic N) is 2. The van der Waals surface area contributed by atoms with Crippen LogP contribution in [0.25, 0.3) is 21.8 Å². The largest absolute Gasteiger partial charge is 0.423 e. The normalized spacial score (nSPS) is 19.0. The van der Waals surface area contributed by atoms with Crippen LogP contribution < -0.4 is 20.1 Å². The number of para-hydroxylation sites is 2. The third-order valence-corrected chi connectivity index (χ3v) is 12.3. The van der Waals surface area contributed by atoms with Crippen LogP contribution in [0.2, 0.25) is 0 Å². The number of nitrogens with one attached hydrogen (secondary N) is 4. The minimum atomic E-state index is -1.19. The number of H-pyrrole nitrogens is 2. The number of aromatic amines is 2. The van der Waals surface area contributed by atoms with Crippen LogP contribution in [0.1, 0.15) is 49.9 Å². The first-order valence-corrected chi connectivity index (χ1v) is 21.9. The number of fused-ring (bicyclic) bond motifs is 2. The summed E-state index contributed by atoms with van der Waals surface area (Å²) in [6.07, 6.45) is 7.09. The van der Waals surface area contributed by atoms with Gasteiger partial charge in [-0.2, -0.15) is 0 Å². The number of aromatic nitrogens is 2. The van der Waals surface area contributed by atoms with Gasteiger partial charge in [0, 0.05) is 85.1 Å². The highest BCUT2D eigenvalue weighted by atomic mass is 16.5. The van der Waals surface area contributed by atoms with Crippen LogP contribution in [0, 0.1) is 0 Å². The molecule has 0 radical (unpaired) electrons. The van der Waals surface area contributed by atoms with Crippen molar-refractivity contribution in [2.45, 2.75) is 77.5 Å². The SMILES string of the molecule is CC=C(C)C(=O)Oc1ccc(CC2NC(=O)C(Cc3c[nH]c4ccccc34)N(C)C(=O)C(Cc3ccc(OC(=O)C(C)=CC)cc3)NC(=O)C(Cc3c[nH]c4ccccc34)N(C)C2=O)cc1. The van der Waals surface area contributed by atoms with Gasteiger partial charge >= 0.3 is 11.9 Å². The zero-order chi connectivity index (χ0) is 47.1. The highest BCUT2D eigenvalue weighted by Crippen LogP contribution is 2.25. The van der Waals surface area contributed by atoms with Crippen LogP contribution in [-0.4, -0.2) is 93.6 Å². The van der Waals surface area contributed by atoms with Gasteiger partial charge in [-0.15, -0.1) is 0 Å². The summed E-state index contributed by atoms with van der Waals surface area (Å²) in [6.45, 7) is 6.79. The topological polar surface area (TPSA) is 183 Å². The van der Waals surface area contributed by atoms with E-state index in [4.69, 9.17) is 9.47 Å². The molecule has 1 fully saturated rings. The smallest absolute Gasteiger partial charge is 0.338 e. The molecule has 66 heavy (non-hydrogen) atoms. The first kappa shape index (κ1) is 46.3. The van der Waals surface area contributed by atoms with Crippen molar-refractivity contribution in [3.8, 4) is 11.5 Å². The molecule has 1 saturated heterocycles. The summed E-state index contributed by atoms with van der Waals surface area (Å²) in [5.41, 5.74) is 5.42. The number of amides is 4. The van der Waals surface area contributed by atoms with Gasteiger partial charge in [0.1, 0.15) is 35.7 Å². The molecule has 14 heteroatoms. The van der Waals surface area contributed by atoms with Crippen molar-refractivity contribution in [3.05, 3.63) is 155 Å². The Bertz CT molecular complexity index is 2650. The summed E-state index contributed by atoms with van der Waals surface area (Å²) in [5.74, 6) is -2.58. The molecule has 4 aromatic carbocycles. The number of benzene rings is 4. The van der Waals surface area contributed by atoms with E-state index in [2.05, 4.69) is 20.6 Å². The van der Waals surface area contributed by atoms with Crippen molar-refractivity contribution in [1.82, 2.24) is 30.4 Å². The second kappa shape index (κ2) is 20.4. The number of allylic oxidation sites excluding steroid dienone is 2. The van der Waals surface area contributed by atoms with Crippen LogP contribution in [-0.2, 0) is 54.5 Å². The number of hydrogen-bond donors (Lipinski definition) is 4. The lowest BCUT2D eigenvalue weighted by Gasteiger charge is -2.36. The molecule has 0 bridgehead atoms. The third kappa shape index (κ3) is 10.4. The Hall–Kier alpha value is -7.74. The average molecular weight is 891 g/mol. The number of hydrogen-bond acceptors (Lipinski definition) is 8. The lowest BCUT2D eigenvalue weighted by molar-refractivity contribution is -0.147. The molecular weight excluding hydrogens is 837 g/mol. The second-order valence-corrected chi connectivity index (χ2v) is 16.6. The molecule has 0 spiro atoms. The predicted molar refractivity (Wildman–Crippen MR) is 251 cm³/mol. The molecule has 0 saturated carbocycles. The van der Waals surface area contributed by atoms with Crippen LogP contribution >= 0.6 is 0 Å². The Kier molecular flexibility index (Phi) is 14.3. The fraction of sp³-hybridized carbons (Fsp3) is 0.269. The standard InChI is InChI=1S/C52H54N6O8/c1-7-31(3)51(63)65-37-21-17-33(18-22-37)25-43-49(61)57(5)46(28-36-30-54-42-16-12-10-14-40(36)42)48(60)56-44(26-34-19-23-38(24-20-34)66-52(64)32(4)8-2)50(62)58(6)45(47(59)55-43)27-35-29-53-41-15-11-9-13-39(35)41/h7-24,29-30,43-46,53-54H,25-28H2,1-6H3,(H,55,59)(H,56,60). The van der Waals surface area contributed by atoms with Gasteiger partial charge in [-0.1, -0.05) is 72.8 Å². The minimum absolute atomic E-state index is 0.0121. The second-order valence-electron chi connectivity index (χ2n) is 16.6. The number of ether oxygens (including phenoxy) is 2. The Morgan fingerprint density at radius 2 is 0.909 bits per heavy atom. The Labute approximate surface area is 383 Å². The molecule has 4 atom stereocenters. The van der Waals surface area contributed by atoms with Crippen LogP contribution in [0.5, 0.6) is 11.5 Å². The lowest BCUT2D eigenvalue weighted by Crippen LogP contribution is -2.63. The summed E-state index contributed by atoms with van der Waals surface area (Å²) in [5, 5.41) is 7.74. The molecule has 340 valence electrons. The number of carbonyl (C=O) groups excluding carboxylic acids is 6. The highest BCUT2D eigenvalue weighted by molar-refractivity contribution is 5.99. The lowest BCUT2D eigenvalue weighted by atomic mass is 9.97. The molecular formula is C52H54N6O8. The molecule has 4 amide bonds. The van der Waals surface area contributed by atoms with Crippen molar-refractivity contribution in [3.63, 3.8) is 0 Å². The van der Waals surface area contributed by atoms with E-state index >= 15 is 0 Å². The van der Waals surface area contributed by atoms with E-state index in [1.165, 1.54) is 23.9 Å². The molecule has 1 aliphatic rings. The highest BCUT2D eigenvalue weighted by Gasteiger charge is 2.40. The maximum Gasteiger partial charge on any atom is 0.338 e. The maximum absolute atomic E-state index is 15.0. The minimum Gasteiger partial charge on any atom is -0.423 e. The van der Waals surface area contributed by atoms with E-state index in [0.717, 1.165) is 32.9 Å². The van der Waals surface area contributed by atoms with Crippen LogP contribution in [0.3, 0.4) is 0 Å². The van der Waals surface area contributed by atoms with Gasteiger partial charge in [-0.05, 0) is 86.3 Å². The molecule has 6 aromatic rings. The predicted octanol–water partition coefficient (Wildman–Crippen LogP) is 6.30. The molecule has 4 N–H and O–H groups in total. The number of esters is 2. The molecule has 7 rings (SSSR count). The molecule has 4 unspecified atom stereocenters. The maximum atomic E-state index is 15.0. The molecule has 14 nitrogen and oxygen atoms in total. The van der Waals surface area contributed by atoms with E-state index in [9.17, 15) is 28.8 Å². The Morgan fingerprint density at radius 1 is 0.545 bits per heavy atom. The summed E-state index contributed by atoms with van der Waals surface area (Å²) in [7, 11) is 3.06. The Balaban J connectivity index is 1.27. The number of rotatable bonds is 12. The number of likely N-dealkylation sites (N-methyl/N-ethyl adjacent to an activating group) is 2. The van der Waals surface area contributed by atoms with Gasteiger partial charge in [0.25, 0.3) is 0 Å². The fourth-order valence-electron chi connectivity index (χ4n) is 8.03. The van der Waals surface area contributed by atoms with Crippen LogP contribution in [0.15, 0.2) is 133 Å². The van der Waals surface area contributed by atoms with Crippen molar-refractivity contribution in [2.75, 3.05) is 14.1 Å². The molecule has 0 aliphatic carbocycles. The van der Waals surface area contributed by atoms with Gasteiger partial charge in [-0.25, -0.2) is 9.59 Å². The molecule has 1 aliphatic heterocycles. The monoisotopic (exact) mass is 890 g/mol. The summed E-state index contributed by atoms with van der Waals surface area (Å²) >= 11 is 0. The summed E-state index contributed by atoms with van der Waals surface area (Å²) < 4.78 is 11.0. The van der Waals surface area contributed by atoms with Crippen molar-refractivity contribution in [2.24, 2.45) is 0 Å². The van der Waals surface area contributed by atoms with Gasteiger partial charge in [0.2, 0.25) is 23.6 Å². The number of carbonyl (C=O) groups is 6. The van der Waals surface area contributed by atoms with E-state index in [0.29, 0.717) is 33.8 Å². The fourth-order valence-corrected chi connectivity index (χ4v) is 8.03. The van der Waals surface area contributed by atoms with Crippen molar-refractivity contribution in [1.29, 1.82) is 0 Å². The van der Waals surface area contributed by atoms with E-state index in [-0.39, 0.29) is 25.7 Å². The van der Waals surface area contributed by atoms with Crippen LogP contribution in [0.4, 0.5) is 0 Å². The Morgan fingerprint density at radius 3 is 1.27 bits per heavy atom. The first-order chi connectivity index (χ1) is 31.7. The average Bonchev–Trinajstić information content (AvgIpc) is 3.94.